The molecule has 0 aliphatic heterocycles. The van der Waals surface area contributed by atoms with E-state index in [1.165, 1.54) is 14.2 Å². The average Bonchev–Trinajstić information content (AvgIpc) is 2.46. The van der Waals surface area contributed by atoms with E-state index in [-0.39, 0.29) is 12.6 Å². The molecule has 0 spiro atoms. The Hall–Kier alpha value is -1.79. The van der Waals surface area contributed by atoms with Crippen LogP contribution in [0.25, 0.3) is 0 Å². The van der Waals surface area contributed by atoms with Crippen LogP contribution >= 0.6 is 0 Å². The van der Waals surface area contributed by atoms with E-state index in [1.54, 1.807) is 18.2 Å². The van der Waals surface area contributed by atoms with Gasteiger partial charge in [0.2, 0.25) is 0 Å². The van der Waals surface area contributed by atoms with Crippen LogP contribution in [0.4, 0.5) is 0 Å². The summed E-state index contributed by atoms with van der Waals surface area (Å²) in [6.07, 6.45) is -0.307. The predicted molar refractivity (Wildman–Crippen MR) is 74.2 cm³/mol. The minimum absolute atomic E-state index is 0.206. The Morgan fingerprint density at radius 2 is 2.05 bits per heavy atom. The van der Waals surface area contributed by atoms with E-state index < -0.39 is 12.1 Å². The van der Waals surface area contributed by atoms with E-state index in [0.717, 1.165) is 0 Å². The lowest BCUT2D eigenvalue weighted by molar-refractivity contribution is -0.136. The molecule has 0 heterocycles. The van der Waals surface area contributed by atoms with Crippen LogP contribution in [0.5, 0.6) is 11.5 Å². The first-order valence-corrected chi connectivity index (χ1v) is 6.38. The molecule has 0 saturated heterocycles. The molecule has 2 unspecified atom stereocenters. The number of nitrogens with one attached hydrogen (secondary N) is 1. The number of carboxylic acid groups (broad SMARTS) is 1. The molecule has 112 valence electrons. The van der Waals surface area contributed by atoms with Crippen LogP contribution < -0.4 is 14.8 Å². The molecule has 0 fully saturated rings. The van der Waals surface area contributed by atoms with Gasteiger partial charge in [-0.3, -0.25) is 4.79 Å². The lowest BCUT2D eigenvalue weighted by atomic mass is 9.99. The Bertz CT molecular complexity index is 449. The van der Waals surface area contributed by atoms with Crippen LogP contribution in [0.2, 0.25) is 0 Å². The summed E-state index contributed by atoms with van der Waals surface area (Å²) in [6, 6.07) is 4.75. The standard InChI is InChI=1S/C14H21NO5/c1-4-11(15-8-13(16)17)14(18)10-7-9(19-2)5-6-12(10)20-3/h5-7,11,14-15,18H,4,8H2,1-3H3,(H,16,17). The molecule has 1 aromatic rings. The molecule has 3 N–H and O–H groups in total. The van der Waals surface area contributed by atoms with Gasteiger partial charge < -0.3 is 25.0 Å². The molecule has 1 rings (SSSR count). The fourth-order valence-electron chi connectivity index (χ4n) is 1.98. The monoisotopic (exact) mass is 283 g/mol. The highest BCUT2D eigenvalue weighted by Crippen LogP contribution is 2.31. The number of aliphatic hydroxyl groups excluding tert-OH is 1. The summed E-state index contributed by atoms with van der Waals surface area (Å²) in [7, 11) is 3.06. The van der Waals surface area contributed by atoms with Crippen molar-refractivity contribution < 1.29 is 24.5 Å². The minimum Gasteiger partial charge on any atom is -0.497 e. The van der Waals surface area contributed by atoms with Gasteiger partial charge in [0.1, 0.15) is 11.5 Å². The van der Waals surface area contributed by atoms with Gasteiger partial charge in [-0.15, -0.1) is 0 Å². The Balaban J connectivity index is 2.97. The molecule has 6 heteroatoms. The van der Waals surface area contributed by atoms with Crippen molar-refractivity contribution in [3.63, 3.8) is 0 Å². The molecule has 1 aromatic carbocycles. The number of benzene rings is 1. The summed E-state index contributed by atoms with van der Waals surface area (Å²) < 4.78 is 10.4. The van der Waals surface area contributed by atoms with Gasteiger partial charge in [-0.1, -0.05) is 6.92 Å². The zero-order valence-electron chi connectivity index (χ0n) is 11.9. The molecule has 2 atom stereocenters. The quantitative estimate of drug-likeness (QED) is 0.664. The molecule has 0 radical (unpaired) electrons. The smallest absolute Gasteiger partial charge is 0.317 e. The van der Waals surface area contributed by atoms with Gasteiger partial charge in [0, 0.05) is 11.6 Å². The Morgan fingerprint density at radius 3 is 2.55 bits per heavy atom. The van der Waals surface area contributed by atoms with Gasteiger partial charge in [-0.25, -0.2) is 0 Å². The second-order valence-corrected chi connectivity index (χ2v) is 4.34. The minimum atomic E-state index is -0.965. The average molecular weight is 283 g/mol. The van der Waals surface area contributed by atoms with Crippen molar-refractivity contribution in [2.24, 2.45) is 0 Å². The van der Waals surface area contributed by atoms with Gasteiger partial charge in [0.25, 0.3) is 0 Å². The van der Waals surface area contributed by atoms with Crippen molar-refractivity contribution in [3.05, 3.63) is 23.8 Å². The first-order chi connectivity index (χ1) is 9.53. The third-order valence-electron chi connectivity index (χ3n) is 3.09. The number of hydrogen-bond acceptors (Lipinski definition) is 5. The van der Waals surface area contributed by atoms with Gasteiger partial charge in [-0.05, 0) is 24.6 Å². The maximum atomic E-state index is 10.6. The number of aliphatic carboxylic acids is 1. The number of methoxy groups -OCH3 is 2. The number of hydrogen-bond donors (Lipinski definition) is 3. The summed E-state index contributed by atoms with van der Waals surface area (Å²) in [5, 5.41) is 21.9. The van der Waals surface area contributed by atoms with Gasteiger partial charge in [0.05, 0.1) is 26.9 Å². The largest absolute Gasteiger partial charge is 0.497 e. The first-order valence-electron chi connectivity index (χ1n) is 6.38. The highest BCUT2D eigenvalue weighted by Gasteiger charge is 2.23. The van der Waals surface area contributed by atoms with E-state index in [2.05, 4.69) is 5.32 Å². The van der Waals surface area contributed by atoms with Crippen LogP contribution in [-0.2, 0) is 4.79 Å². The molecule has 20 heavy (non-hydrogen) atoms. The predicted octanol–water partition coefficient (Wildman–Crippen LogP) is 1.19. The second-order valence-electron chi connectivity index (χ2n) is 4.34. The van der Waals surface area contributed by atoms with E-state index in [1.807, 2.05) is 6.92 Å². The third-order valence-corrected chi connectivity index (χ3v) is 3.09. The normalized spacial score (nSPS) is 13.6. The lowest BCUT2D eigenvalue weighted by Crippen LogP contribution is -2.37. The molecule has 0 amide bonds. The summed E-state index contributed by atoms with van der Waals surface area (Å²) in [5.74, 6) is 0.176. The Kier molecular flexibility index (Phi) is 6.27. The van der Waals surface area contributed by atoms with Crippen LogP contribution in [0, 0.1) is 0 Å². The fourth-order valence-corrected chi connectivity index (χ4v) is 1.98. The third kappa shape index (κ3) is 4.11. The van der Waals surface area contributed by atoms with E-state index in [4.69, 9.17) is 14.6 Å². The van der Waals surface area contributed by atoms with Crippen molar-refractivity contribution in [1.29, 1.82) is 0 Å². The zero-order chi connectivity index (χ0) is 15.1. The molecule has 0 bridgehead atoms. The number of carbonyl (C=O) groups is 1. The van der Waals surface area contributed by atoms with Crippen LogP contribution in [0.3, 0.4) is 0 Å². The SMILES string of the molecule is CCC(NCC(=O)O)C(O)c1cc(OC)ccc1OC. The van der Waals surface area contributed by atoms with Crippen molar-refractivity contribution in [2.45, 2.75) is 25.5 Å². The topological polar surface area (TPSA) is 88.0 Å². The number of rotatable bonds is 8. The summed E-state index contributed by atoms with van der Waals surface area (Å²) in [4.78, 5) is 10.6. The summed E-state index contributed by atoms with van der Waals surface area (Å²) in [6.45, 7) is 1.66. The molecular weight excluding hydrogens is 262 g/mol. The number of ether oxygens (including phenoxy) is 2. The first kappa shape index (κ1) is 16.3. The molecule has 0 aliphatic carbocycles. The van der Waals surface area contributed by atoms with Crippen LogP contribution in [0.15, 0.2) is 18.2 Å². The van der Waals surface area contributed by atoms with Gasteiger partial charge in [0.15, 0.2) is 0 Å². The second kappa shape index (κ2) is 7.72. The van der Waals surface area contributed by atoms with Crippen molar-refractivity contribution >= 4 is 5.97 Å². The van der Waals surface area contributed by atoms with Crippen molar-refractivity contribution in [1.82, 2.24) is 5.32 Å². The molecule has 0 saturated carbocycles. The van der Waals surface area contributed by atoms with Crippen molar-refractivity contribution in [2.75, 3.05) is 20.8 Å². The maximum absolute atomic E-state index is 10.6. The van der Waals surface area contributed by atoms with E-state index >= 15 is 0 Å². The molecule has 0 aliphatic rings. The van der Waals surface area contributed by atoms with E-state index in [0.29, 0.717) is 23.5 Å². The summed E-state index contributed by atoms with van der Waals surface area (Å²) >= 11 is 0. The van der Waals surface area contributed by atoms with Gasteiger partial charge >= 0.3 is 5.97 Å². The van der Waals surface area contributed by atoms with Crippen molar-refractivity contribution in [3.8, 4) is 11.5 Å². The maximum Gasteiger partial charge on any atom is 0.317 e. The van der Waals surface area contributed by atoms with Crippen LogP contribution in [0.1, 0.15) is 25.0 Å². The van der Waals surface area contributed by atoms with Gasteiger partial charge in [-0.2, -0.15) is 0 Å². The van der Waals surface area contributed by atoms with Crippen LogP contribution in [-0.4, -0.2) is 43.0 Å². The molecule has 0 aromatic heterocycles. The molecule has 6 nitrogen and oxygen atoms in total. The number of carboxylic acids is 1. The number of aliphatic hydroxyl groups is 1. The zero-order valence-corrected chi connectivity index (χ0v) is 11.9. The molecular formula is C14H21NO5. The fraction of sp³-hybridized carbons (Fsp3) is 0.500. The Labute approximate surface area is 118 Å². The van der Waals surface area contributed by atoms with E-state index in [9.17, 15) is 9.90 Å². The Morgan fingerprint density at radius 1 is 1.35 bits per heavy atom. The highest BCUT2D eigenvalue weighted by atomic mass is 16.5. The summed E-state index contributed by atoms with van der Waals surface area (Å²) in [5.41, 5.74) is 0.566. The highest BCUT2D eigenvalue weighted by molar-refractivity contribution is 5.69. The lowest BCUT2D eigenvalue weighted by Gasteiger charge is -2.24.